The first-order chi connectivity index (χ1) is 15.2. The first-order valence-corrected chi connectivity index (χ1v) is 12.5. The molecule has 0 fully saturated rings. The van der Waals surface area contributed by atoms with Gasteiger partial charge in [-0.05, 0) is 34.2 Å². The Balaban J connectivity index is 2.08. The third-order valence-electron chi connectivity index (χ3n) is 5.35. The summed E-state index contributed by atoms with van der Waals surface area (Å²) in [4.78, 5) is 22.6. The summed E-state index contributed by atoms with van der Waals surface area (Å²) in [6, 6.07) is 18.1. The molecule has 1 radical (unpaired) electrons. The molecule has 0 aliphatic rings. The number of carbonyl (C=O) groups is 1. The van der Waals surface area contributed by atoms with E-state index in [1.165, 1.54) is 12.7 Å². The Morgan fingerprint density at radius 3 is 2.12 bits per heavy atom. The molecule has 0 saturated carbocycles. The fourth-order valence-electron chi connectivity index (χ4n) is 3.40. The summed E-state index contributed by atoms with van der Waals surface area (Å²) >= 11 is 0. The number of rotatable bonds is 12. The monoisotopic (exact) mass is 456 g/mol. The number of benzene rings is 2. The maximum absolute atomic E-state index is 11.8. The fourth-order valence-corrected chi connectivity index (χ4v) is 5.45. The van der Waals surface area contributed by atoms with E-state index in [-0.39, 0.29) is 16.3 Å². The topological polar surface area (TPSA) is 78.7 Å². The molecule has 0 amide bonds. The maximum atomic E-state index is 11.8. The predicted molar refractivity (Wildman–Crippen MR) is 128 cm³/mol. The van der Waals surface area contributed by atoms with E-state index in [9.17, 15) is 14.9 Å². The number of methoxy groups -OCH3 is 1. The van der Waals surface area contributed by atoms with Crippen LogP contribution in [-0.2, 0) is 19.4 Å². The van der Waals surface area contributed by atoms with E-state index >= 15 is 0 Å². The van der Waals surface area contributed by atoms with Crippen LogP contribution in [0.15, 0.2) is 54.6 Å². The quantitative estimate of drug-likeness (QED) is 0.119. The Kier molecular flexibility index (Phi) is 10.1. The third kappa shape index (κ3) is 8.20. The van der Waals surface area contributed by atoms with Gasteiger partial charge in [0.2, 0.25) is 0 Å². The molecule has 0 bridgehead atoms. The molecule has 0 saturated heterocycles. The van der Waals surface area contributed by atoms with Crippen LogP contribution in [0.2, 0.25) is 0 Å². The summed E-state index contributed by atoms with van der Waals surface area (Å²) in [6.45, 7) is 6.49. The van der Waals surface area contributed by atoms with Crippen LogP contribution < -0.4 is 10.4 Å². The summed E-state index contributed by atoms with van der Waals surface area (Å²) in [5, 5.41) is 13.8. The first kappa shape index (κ1) is 25.7. The normalized spacial score (nSPS) is 12.5. The second kappa shape index (κ2) is 12.5. The molecule has 0 aliphatic carbocycles. The number of unbranched alkanes of at least 4 members (excludes halogenated alkanes) is 3. The van der Waals surface area contributed by atoms with Gasteiger partial charge in [0.05, 0.1) is 12.0 Å². The van der Waals surface area contributed by atoms with Gasteiger partial charge in [-0.1, -0.05) is 88.2 Å². The fraction of sp³-hybridized carbons (Fsp3) is 0.480. The van der Waals surface area contributed by atoms with Gasteiger partial charge in [-0.15, -0.1) is 0 Å². The van der Waals surface area contributed by atoms with Crippen LogP contribution in [0.25, 0.3) is 0 Å². The van der Waals surface area contributed by atoms with Crippen LogP contribution >= 0.6 is 0 Å². The van der Waals surface area contributed by atoms with Crippen molar-refractivity contribution >= 4 is 25.4 Å². The molecule has 2 rings (SSSR count). The highest BCUT2D eigenvalue weighted by Gasteiger charge is 2.30. The van der Waals surface area contributed by atoms with Gasteiger partial charge in [0.15, 0.2) is 0 Å². The van der Waals surface area contributed by atoms with Crippen molar-refractivity contribution < 1.29 is 18.9 Å². The summed E-state index contributed by atoms with van der Waals surface area (Å²) in [5.74, 6) is -0.218. The first-order valence-electron chi connectivity index (χ1n) is 11.1. The van der Waals surface area contributed by atoms with Crippen LogP contribution in [0.3, 0.4) is 0 Å². The maximum Gasteiger partial charge on any atom is 0.306 e. The number of ether oxygens (including phenoxy) is 1. The van der Waals surface area contributed by atoms with E-state index in [1.807, 2.05) is 42.5 Å². The van der Waals surface area contributed by atoms with E-state index < -0.39 is 15.3 Å². The summed E-state index contributed by atoms with van der Waals surface area (Å²) in [5.41, 5.74) is 1.25. The molecule has 0 aliphatic heterocycles. The van der Waals surface area contributed by atoms with E-state index in [1.54, 1.807) is 0 Å². The van der Waals surface area contributed by atoms with E-state index in [4.69, 9.17) is 4.43 Å². The van der Waals surface area contributed by atoms with Crippen molar-refractivity contribution in [3.8, 4) is 0 Å². The second-order valence-electron chi connectivity index (χ2n) is 8.91. The average molecular weight is 457 g/mol. The Morgan fingerprint density at radius 2 is 1.56 bits per heavy atom. The molecule has 1 unspecified atom stereocenters. The molecule has 0 spiro atoms. The van der Waals surface area contributed by atoms with Gasteiger partial charge >= 0.3 is 12.2 Å². The lowest BCUT2D eigenvalue weighted by atomic mass is 9.87. The Hall–Kier alpha value is -2.51. The van der Waals surface area contributed by atoms with Crippen molar-refractivity contribution in [1.82, 2.24) is 0 Å². The Bertz CT molecular complexity index is 849. The zero-order chi connectivity index (χ0) is 23.6. The zero-order valence-corrected chi connectivity index (χ0v) is 20.5. The molecule has 0 N–H and O–H groups in total. The SMILES string of the molecule is COC(=O)CCCCCCC(O[Si](c1ccccc1)c1ccc(C(C)(C)C)cc1)[N+](=O)[O-]. The van der Waals surface area contributed by atoms with Crippen molar-refractivity contribution in [2.75, 3.05) is 7.11 Å². The smallest absolute Gasteiger partial charge is 0.306 e. The molecule has 7 heteroatoms. The molecule has 6 nitrogen and oxygen atoms in total. The van der Waals surface area contributed by atoms with Crippen LogP contribution in [0.5, 0.6) is 0 Å². The van der Waals surface area contributed by atoms with Crippen LogP contribution in [0.4, 0.5) is 0 Å². The molecule has 32 heavy (non-hydrogen) atoms. The number of carbonyl (C=O) groups excluding carboxylic acids is 1. The zero-order valence-electron chi connectivity index (χ0n) is 19.5. The molecular weight excluding hydrogens is 422 g/mol. The third-order valence-corrected chi connectivity index (χ3v) is 7.57. The van der Waals surface area contributed by atoms with Crippen molar-refractivity contribution in [2.24, 2.45) is 0 Å². The largest absolute Gasteiger partial charge is 0.469 e. The van der Waals surface area contributed by atoms with Gasteiger partial charge in [0, 0.05) is 12.8 Å². The highest BCUT2D eigenvalue weighted by atomic mass is 28.3. The average Bonchev–Trinajstić information content (AvgIpc) is 2.77. The number of hydrogen-bond acceptors (Lipinski definition) is 5. The number of nitro groups is 1. The lowest BCUT2D eigenvalue weighted by molar-refractivity contribution is -0.565. The van der Waals surface area contributed by atoms with Gasteiger partial charge < -0.3 is 9.16 Å². The lowest BCUT2D eigenvalue weighted by Gasteiger charge is -2.22. The lowest BCUT2D eigenvalue weighted by Crippen LogP contribution is -2.48. The number of nitrogens with zero attached hydrogens (tertiary/aromatic N) is 1. The highest BCUT2D eigenvalue weighted by Crippen LogP contribution is 2.21. The molecule has 2 aromatic carbocycles. The van der Waals surface area contributed by atoms with Crippen LogP contribution in [-0.4, -0.2) is 33.3 Å². The molecule has 0 aromatic heterocycles. The Labute approximate surface area is 192 Å². The summed E-state index contributed by atoms with van der Waals surface area (Å²) < 4.78 is 10.8. The summed E-state index contributed by atoms with van der Waals surface area (Å²) in [6.07, 6.45) is 2.76. The van der Waals surface area contributed by atoms with Crippen LogP contribution in [0.1, 0.15) is 64.9 Å². The van der Waals surface area contributed by atoms with E-state index in [0.717, 1.165) is 29.6 Å². The van der Waals surface area contributed by atoms with Crippen molar-refractivity contribution in [3.63, 3.8) is 0 Å². The summed E-state index contributed by atoms with van der Waals surface area (Å²) in [7, 11) is -0.389. The number of esters is 1. The van der Waals surface area contributed by atoms with E-state index in [0.29, 0.717) is 19.3 Å². The van der Waals surface area contributed by atoms with Gasteiger partial charge in [0.1, 0.15) is 0 Å². The van der Waals surface area contributed by atoms with Crippen molar-refractivity contribution in [3.05, 3.63) is 70.3 Å². The van der Waals surface area contributed by atoms with Gasteiger partial charge in [0.25, 0.3) is 9.04 Å². The van der Waals surface area contributed by atoms with Gasteiger partial charge in [-0.25, -0.2) is 0 Å². The highest BCUT2D eigenvalue weighted by molar-refractivity contribution is 6.80. The van der Waals surface area contributed by atoms with Gasteiger partial charge in [-0.3, -0.25) is 14.9 Å². The minimum Gasteiger partial charge on any atom is -0.469 e. The van der Waals surface area contributed by atoms with E-state index in [2.05, 4.69) is 37.6 Å². The molecule has 0 heterocycles. The standard InChI is InChI=1S/C25H34NO5Si/c1-25(2,3)20-16-18-22(19-17-20)32(21-12-8-7-9-13-21)31-23(26(28)29)14-10-5-6-11-15-24(27)30-4/h7-9,12-13,16-19,23H,5-6,10-11,14-15H2,1-4H3. The Morgan fingerprint density at radius 1 is 0.969 bits per heavy atom. The minimum atomic E-state index is -1.77. The predicted octanol–water partition coefficient (Wildman–Crippen LogP) is 4.22. The van der Waals surface area contributed by atoms with Crippen molar-refractivity contribution in [2.45, 2.75) is 70.9 Å². The molecular formula is C25H34NO5Si. The molecule has 173 valence electrons. The van der Waals surface area contributed by atoms with Gasteiger partial charge in [-0.2, -0.15) is 0 Å². The van der Waals surface area contributed by atoms with Crippen molar-refractivity contribution in [1.29, 1.82) is 0 Å². The number of hydrogen-bond donors (Lipinski definition) is 0. The molecule has 1 atom stereocenters. The minimum absolute atomic E-state index is 0.0380. The van der Waals surface area contributed by atoms with Crippen LogP contribution in [0, 0.1) is 10.1 Å². The molecule has 2 aromatic rings. The second-order valence-corrected chi connectivity index (χ2v) is 11.0.